The van der Waals surface area contributed by atoms with E-state index in [2.05, 4.69) is 5.32 Å². The lowest BCUT2D eigenvalue weighted by Crippen LogP contribution is -2.37. The summed E-state index contributed by atoms with van der Waals surface area (Å²) in [6.07, 6.45) is 1.49. The maximum absolute atomic E-state index is 13.8. The maximum atomic E-state index is 13.8. The highest BCUT2D eigenvalue weighted by Gasteiger charge is 2.42. The molecule has 2 aromatic rings. The molecule has 1 aliphatic heterocycles. The number of hydrogen-bond acceptors (Lipinski definition) is 6. The van der Waals surface area contributed by atoms with Crippen LogP contribution in [-0.2, 0) is 14.3 Å². The molecule has 0 fully saturated rings. The molecule has 0 spiro atoms. The summed E-state index contributed by atoms with van der Waals surface area (Å²) in [6, 6.07) is 14.6. The number of carbonyl (C=O) groups excluding carboxylic acids is 2. The molecule has 190 valence electrons. The lowest BCUT2D eigenvalue weighted by molar-refractivity contribution is -0.142. The van der Waals surface area contributed by atoms with Gasteiger partial charge in [-0.25, -0.2) is 4.79 Å². The van der Waals surface area contributed by atoms with Crippen molar-refractivity contribution in [1.82, 2.24) is 5.32 Å². The smallest absolute Gasteiger partial charge is 0.336 e. The minimum Gasteiger partial charge on any atom is -0.508 e. The van der Waals surface area contributed by atoms with Crippen molar-refractivity contribution >= 4 is 11.8 Å². The number of rotatable bonds is 6. The van der Waals surface area contributed by atoms with E-state index in [1.807, 2.05) is 58.0 Å². The molecule has 2 atom stereocenters. The van der Waals surface area contributed by atoms with Crippen molar-refractivity contribution in [3.8, 4) is 11.5 Å². The number of aromatic hydroxyl groups is 1. The zero-order valence-electron chi connectivity index (χ0n) is 21.7. The highest BCUT2D eigenvalue weighted by Crippen LogP contribution is 2.47. The number of nitrogens with one attached hydrogen (secondary N) is 1. The molecule has 0 radical (unpaired) electrons. The van der Waals surface area contributed by atoms with E-state index < -0.39 is 11.9 Å². The van der Waals surface area contributed by atoms with E-state index in [1.165, 1.54) is 0 Å². The summed E-state index contributed by atoms with van der Waals surface area (Å²) in [6.45, 7) is 8.25. The molecule has 0 bridgehead atoms. The van der Waals surface area contributed by atoms with Crippen LogP contribution in [0.25, 0.3) is 0 Å². The molecule has 0 saturated heterocycles. The third kappa shape index (κ3) is 5.18. The van der Waals surface area contributed by atoms with Gasteiger partial charge in [-0.05, 0) is 47.6 Å². The zero-order valence-corrected chi connectivity index (χ0v) is 21.7. The molecule has 36 heavy (non-hydrogen) atoms. The molecule has 2 N–H and O–H groups in total. The number of ketones is 1. The number of phenolic OH excluding ortho intramolecular Hbond substituents is 1. The molecule has 6 nitrogen and oxygen atoms in total. The second-order valence-electron chi connectivity index (χ2n) is 10.7. The number of Topliss-reactive ketones (excluding diaryl/α,β-unsaturated/α-hetero) is 1. The van der Waals surface area contributed by atoms with Crippen LogP contribution >= 0.6 is 0 Å². The largest absolute Gasteiger partial charge is 0.508 e. The number of hydrogen-bond donors (Lipinski definition) is 2. The van der Waals surface area contributed by atoms with Gasteiger partial charge in [0.2, 0.25) is 0 Å². The highest BCUT2D eigenvalue weighted by molar-refractivity contribution is 6.04. The zero-order chi connectivity index (χ0) is 26.0. The van der Waals surface area contributed by atoms with Crippen molar-refractivity contribution in [2.45, 2.75) is 58.8 Å². The van der Waals surface area contributed by atoms with Gasteiger partial charge in [-0.2, -0.15) is 0 Å². The van der Waals surface area contributed by atoms with E-state index in [1.54, 1.807) is 25.3 Å². The van der Waals surface area contributed by atoms with Crippen LogP contribution in [0.3, 0.4) is 0 Å². The number of para-hydroxylation sites is 1. The predicted molar refractivity (Wildman–Crippen MR) is 139 cm³/mol. The summed E-state index contributed by atoms with van der Waals surface area (Å²) >= 11 is 0. The number of dihydropyridines is 1. The monoisotopic (exact) mass is 489 g/mol. The Morgan fingerprint density at radius 2 is 1.86 bits per heavy atom. The van der Waals surface area contributed by atoms with Gasteiger partial charge >= 0.3 is 5.97 Å². The van der Waals surface area contributed by atoms with Crippen LogP contribution in [0.5, 0.6) is 11.5 Å². The molecular formula is C30H35NO5. The van der Waals surface area contributed by atoms with Gasteiger partial charge in [0.25, 0.3) is 0 Å². The number of carbonyl (C=O) groups is 2. The van der Waals surface area contributed by atoms with Gasteiger partial charge in [-0.3, -0.25) is 4.79 Å². The first-order valence-corrected chi connectivity index (χ1v) is 12.5. The molecule has 0 amide bonds. The first-order valence-electron chi connectivity index (χ1n) is 12.5. The van der Waals surface area contributed by atoms with Gasteiger partial charge in [0, 0.05) is 35.2 Å². The number of benzene rings is 2. The minimum absolute atomic E-state index is 0.0238. The van der Waals surface area contributed by atoms with Crippen LogP contribution in [0.1, 0.15) is 69.9 Å². The summed E-state index contributed by atoms with van der Waals surface area (Å²) in [4.78, 5) is 27.3. The van der Waals surface area contributed by atoms with E-state index in [4.69, 9.17) is 9.47 Å². The van der Waals surface area contributed by atoms with Crippen LogP contribution in [0.4, 0.5) is 0 Å². The molecule has 0 aromatic heterocycles. The standard InChI is InChI=1S/C30H35NO5/c1-6-22-28(29(34)36-17-30(2,3)4)26(18-10-9-11-20(32)14-18)27-23(31-22)15-19(16-24(27)33)21-12-7-8-13-25(21)35-5/h7-14,19,26,31-32H,6,15-17H2,1-5H3/t19-,26+/m1/s1. The van der Waals surface area contributed by atoms with Crippen LogP contribution in [0.2, 0.25) is 0 Å². The molecule has 2 aliphatic rings. The molecule has 1 heterocycles. The van der Waals surface area contributed by atoms with Crippen LogP contribution < -0.4 is 10.1 Å². The maximum Gasteiger partial charge on any atom is 0.336 e. The van der Waals surface area contributed by atoms with Gasteiger partial charge in [-0.1, -0.05) is 58.0 Å². The van der Waals surface area contributed by atoms with Crippen molar-refractivity contribution in [3.05, 3.63) is 82.2 Å². The Labute approximate surface area is 213 Å². The van der Waals surface area contributed by atoms with Crippen molar-refractivity contribution in [3.63, 3.8) is 0 Å². The van der Waals surface area contributed by atoms with Crippen molar-refractivity contribution in [2.24, 2.45) is 5.41 Å². The summed E-state index contributed by atoms with van der Waals surface area (Å²) in [5.74, 6) is -0.265. The van der Waals surface area contributed by atoms with E-state index in [-0.39, 0.29) is 29.5 Å². The second kappa shape index (κ2) is 10.2. The van der Waals surface area contributed by atoms with Gasteiger partial charge in [-0.15, -0.1) is 0 Å². The quantitative estimate of drug-likeness (QED) is 0.503. The Balaban J connectivity index is 1.80. The molecular weight excluding hydrogens is 454 g/mol. The number of ether oxygens (including phenoxy) is 2. The van der Waals surface area contributed by atoms with Crippen LogP contribution in [0, 0.1) is 5.41 Å². The Bertz CT molecular complexity index is 1230. The van der Waals surface area contributed by atoms with Gasteiger partial charge in [0.1, 0.15) is 11.5 Å². The third-order valence-corrected chi connectivity index (χ3v) is 6.70. The first kappa shape index (κ1) is 25.5. The summed E-state index contributed by atoms with van der Waals surface area (Å²) in [5, 5.41) is 13.7. The Morgan fingerprint density at radius 1 is 1.11 bits per heavy atom. The topological polar surface area (TPSA) is 84.9 Å². The number of allylic oxidation sites excluding steroid dienone is 3. The summed E-state index contributed by atoms with van der Waals surface area (Å²) < 4.78 is 11.3. The normalized spacial score (nSPS) is 20.1. The van der Waals surface area contributed by atoms with E-state index in [0.717, 1.165) is 22.7 Å². The van der Waals surface area contributed by atoms with Crippen LogP contribution in [0.15, 0.2) is 71.1 Å². The summed E-state index contributed by atoms with van der Waals surface area (Å²) in [7, 11) is 1.64. The minimum atomic E-state index is -0.609. The third-order valence-electron chi connectivity index (χ3n) is 6.70. The van der Waals surface area contributed by atoms with Crippen molar-refractivity contribution in [2.75, 3.05) is 13.7 Å². The highest BCUT2D eigenvalue weighted by atomic mass is 16.5. The molecule has 2 aromatic carbocycles. The van der Waals surface area contributed by atoms with Gasteiger partial charge in [0.05, 0.1) is 19.3 Å². The number of methoxy groups -OCH3 is 1. The lowest BCUT2D eigenvalue weighted by Gasteiger charge is -2.37. The number of esters is 1. The molecule has 4 rings (SSSR count). The first-order chi connectivity index (χ1) is 17.1. The SMILES string of the molecule is CCC1=C(C(=O)OCC(C)(C)C)[C@@H](c2cccc(O)c2)C2=C(C[C@@H](c3ccccc3OC)CC2=O)N1. The number of phenols is 1. The van der Waals surface area contributed by atoms with Crippen molar-refractivity contribution in [1.29, 1.82) is 0 Å². The predicted octanol–water partition coefficient (Wildman–Crippen LogP) is 5.74. The Hall–Kier alpha value is -3.54. The molecule has 1 aliphatic carbocycles. The fourth-order valence-corrected chi connectivity index (χ4v) is 5.09. The van der Waals surface area contributed by atoms with E-state index in [9.17, 15) is 14.7 Å². The van der Waals surface area contributed by atoms with E-state index >= 15 is 0 Å². The molecule has 6 heteroatoms. The van der Waals surface area contributed by atoms with Crippen LogP contribution in [-0.4, -0.2) is 30.6 Å². The average molecular weight is 490 g/mol. The van der Waals surface area contributed by atoms with Gasteiger partial charge in [0.15, 0.2) is 5.78 Å². The van der Waals surface area contributed by atoms with E-state index in [0.29, 0.717) is 36.0 Å². The van der Waals surface area contributed by atoms with Crippen molar-refractivity contribution < 1.29 is 24.2 Å². The summed E-state index contributed by atoms with van der Waals surface area (Å²) in [5.41, 5.74) is 4.07. The molecule has 0 saturated carbocycles. The Morgan fingerprint density at radius 3 is 2.53 bits per heavy atom. The van der Waals surface area contributed by atoms with Gasteiger partial charge < -0.3 is 19.9 Å². The average Bonchev–Trinajstić information content (AvgIpc) is 2.85. The Kier molecular flexibility index (Phi) is 7.25. The fourth-order valence-electron chi connectivity index (χ4n) is 5.09. The second-order valence-corrected chi connectivity index (χ2v) is 10.7. The lowest BCUT2D eigenvalue weighted by atomic mass is 9.71. The molecule has 0 unspecified atom stereocenters. The fraction of sp³-hybridized carbons (Fsp3) is 0.400.